The highest BCUT2D eigenvalue weighted by molar-refractivity contribution is 7.92. The van der Waals surface area contributed by atoms with E-state index < -0.39 is 28.5 Å². The van der Waals surface area contributed by atoms with Crippen molar-refractivity contribution in [1.82, 2.24) is 10.2 Å². The summed E-state index contributed by atoms with van der Waals surface area (Å²) in [5.41, 5.74) is 2.92. The molecule has 45 heavy (non-hydrogen) atoms. The van der Waals surface area contributed by atoms with Gasteiger partial charge in [-0.15, -0.1) is 0 Å². The van der Waals surface area contributed by atoms with Crippen LogP contribution in [-0.4, -0.2) is 50.9 Å². The van der Waals surface area contributed by atoms with Gasteiger partial charge >= 0.3 is 0 Å². The first-order valence-electron chi connectivity index (χ1n) is 14.8. The molecule has 0 saturated heterocycles. The summed E-state index contributed by atoms with van der Waals surface area (Å²) in [6.45, 7) is 5.75. The summed E-state index contributed by atoms with van der Waals surface area (Å²) in [5.74, 6) is -0.574. The number of nitrogens with zero attached hydrogens (tertiary/aromatic N) is 2. The van der Waals surface area contributed by atoms with Gasteiger partial charge in [-0.25, -0.2) is 8.42 Å². The fourth-order valence-corrected chi connectivity index (χ4v) is 6.47. The summed E-state index contributed by atoms with van der Waals surface area (Å²) in [7, 11) is -4.29. The lowest BCUT2D eigenvalue weighted by atomic mass is 10.0. The lowest BCUT2D eigenvalue weighted by Crippen LogP contribution is -2.53. The Morgan fingerprint density at radius 3 is 2.13 bits per heavy atom. The van der Waals surface area contributed by atoms with Crippen LogP contribution in [0.1, 0.15) is 30.5 Å². The number of hydrogen-bond donors (Lipinski definition) is 1. The Balaban J connectivity index is 1.82. The highest BCUT2D eigenvalue weighted by Crippen LogP contribution is 2.33. The van der Waals surface area contributed by atoms with Crippen LogP contribution in [0.4, 0.5) is 5.69 Å². The molecule has 1 N–H and O–H groups in total. The highest BCUT2D eigenvalue weighted by Gasteiger charge is 2.35. The molecule has 10 heteroatoms. The van der Waals surface area contributed by atoms with Gasteiger partial charge in [0.05, 0.1) is 17.2 Å². The van der Waals surface area contributed by atoms with Gasteiger partial charge in [0.1, 0.15) is 18.3 Å². The van der Waals surface area contributed by atoms with Gasteiger partial charge in [0, 0.05) is 24.5 Å². The molecular weight excluding hydrogens is 610 g/mol. The van der Waals surface area contributed by atoms with Gasteiger partial charge in [-0.05, 0) is 68.3 Å². The number of likely N-dealkylation sites (N-methyl/N-ethyl adjacent to an activating group) is 1. The Morgan fingerprint density at radius 1 is 0.844 bits per heavy atom. The van der Waals surface area contributed by atoms with Gasteiger partial charge in [-0.3, -0.25) is 13.9 Å². The summed E-state index contributed by atoms with van der Waals surface area (Å²) < 4.78 is 35.3. The van der Waals surface area contributed by atoms with Crippen LogP contribution in [0.3, 0.4) is 0 Å². The Kier molecular flexibility index (Phi) is 11.6. The topological polar surface area (TPSA) is 96.0 Å². The van der Waals surface area contributed by atoms with Crippen LogP contribution in [0.2, 0.25) is 5.02 Å². The molecule has 1 atom stereocenters. The molecule has 0 spiro atoms. The van der Waals surface area contributed by atoms with E-state index in [1.165, 1.54) is 29.2 Å². The molecule has 0 heterocycles. The number of sulfonamides is 1. The van der Waals surface area contributed by atoms with Crippen LogP contribution in [-0.2, 0) is 32.6 Å². The van der Waals surface area contributed by atoms with Gasteiger partial charge in [0.15, 0.2) is 0 Å². The molecule has 0 unspecified atom stereocenters. The molecule has 4 aromatic rings. The standard InChI is InChI=1S/C35H38ClN3O5S/c1-4-37-35(41)32(23-27-11-7-6-8-12-27)38(24-28-17-15-26(3)16-18-28)34(40)25-39(31-13-9-10-14-33(31)44-5-2)45(42,43)30-21-19-29(36)20-22-30/h6-22,32H,4-5,23-25H2,1-3H3,(H,37,41)/t32-/m1/s1. The number of carbonyl (C=O) groups is 2. The number of anilines is 1. The molecule has 4 rings (SSSR count). The van der Waals surface area contributed by atoms with E-state index in [1.807, 2.05) is 68.4 Å². The van der Waals surface area contributed by atoms with Gasteiger partial charge < -0.3 is 15.0 Å². The third-order valence-electron chi connectivity index (χ3n) is 7.21. The molecule has 0 aliphatic rings. The van der Waals surface area contributed by atoms with Crippen LogP contribution in [0.15, 0.2) is 108 Å². The Bertz CT molecular complexity index is 1680. The molecule has 8 nitrogen and oxygen atoms in total. The van der Waals surface area contributed by atoms with Gasteiger partial charge in [0.25, 0.3) is 10.0 Å². The molecule has 0 bridgehead atoms. The van der Waals surface area contributed by atoms with Crippen molar-refractivity contribution in [2.75, 3.05) is 24.0 Å². The second-order valence-electron chi connectivity index (χ2n) is 10.5. The number of rotatable bonds is 14. The Labute approximate surface area is 270 Å². The van der Waals surface area contributed by atoms with Crippen LogP contribution in [0, 0.1) is 6.92 Å². The molecule has 4 aromatic carbocycles. The summed E-state index contributed by atoms with van der Waals surface area (Å²) in [6, 6.07) is 28.6. The quantitative estimate of drug-likeness (QED) is 0.181. The molecule has 0 aliphatic heterocycles. The molecular formula is C35H38ClN3O5S. The summed E-state index contributed by atoms with van der Waals surface area (Å²) in [4.78, 5) is 29.6. The van der Waals surface area contributed by atoms with E-state index in [-0.39, 0.29) is 36.1 Å². The maximum Gasteiger partial charge on any atom is 0.264 e. The maximum absolute atomic E-state index is 14.5. The lowest BCUT2D eigenvalue weighted by Gasteiger charge is -2.34. The van der Waals surface area contributed by atoms with Crippen molar-refractivity contribution in [3.05, 3.63) is 125 Å². The van der Waals surface area contributed by atoms with E-state index in [9.17, 15) is 18.0 Å². The zero-order valence-electron chi connectivity index (χ0n) is 25.6. The fraction of sp³-hybridized carbons (Fsp3) is 0.257. The second-order valence-corrected chi connectivity index (χ2v) is 12.8. The minimum atomic E-state index is -4.29. The summed E-state index contributed by atoms with van der Waals surface area (Å²) in [5, 5.41) is 3.25. The third-order valence-corrected chi connectivity index (χ3v) is 9.24. The first-order valence-corrected chi connectivity index (χ1v) is 16.6. The SMILES string of the molecule is CCNC(=O)[C@@H](Cc1ccccc1)N(Cc1ccc(C)cc1)C(=O)CN(c1ccccc1OCC)S(=O)(=O)c1ccc(Cl)cc1. The predicted octanol–water partition coefficient (Wildman–Crippen LogP) is 6.02. The first-order chi connectivity index (χ1) is 21.6. The van der Waals surface area contributed by atoms with Crippen molar-refractivity contribution >= 4 is 39.1 Å². The molecule has 0 fully saturated rings. The van der Waals surface area contributed by atoms with Crippen molar-refractivity contribution in [1.29, 1.82) is 0 Å². The van der Waals surface area contributed by atoms with Gasteiger partial charge in [-0.2, -0.15) is 0 Å². The van der Waals surface area contributed by atoms with Crippen molar-refractivity contribution in [2.45, 2.75) is 44.7 Å². The van der Waals surface area contributed by atoms with E-state index in [0.29, 0.717) is 17.3 Å². The Morgan fingerprint density at radius 2 is 1.49 bits per heavy atom. The second kappa shape index (κ2) is 15.6. The fourth-order valence-electron chi connectivity index (χ4n) is 4.92. The smallest absolute Gasteiger partial charge is 0.264 e. The van der Waals surface area contributed by atoms with E-state index in [2.05, 4.69) is 5.32 Å². The molecule has 0 aliphatic carbocycles. The largest absolute Gasteiger partial charge is 0.492 e. The van der Waals surface area contributed by atoms with Gasteiger partial charge in [0.2, 0.25) is 11.8 Å². The van der Waals surface area contributed by atoms with Crippen molar-refractivity contribution in [3.63, 3.8) is 0 Å². The number of benzene rings is 4. The molecule has 2 amide bonds. The zero-order valence-corrected chi connectivity index (χ0v) is 27.2. The maximum atomic E-state index is 14.5. The number of aryl methyl sites for hydroxylation is 1. The number of nitrogens with one attached hydrogen (secondary N) is 1. The van der Waals surface area contributed by atoms with Crippen molar-refractivity contribution in [3.8, 4) is 5.75 Å². The summed E-state index contributed by atoms with van der Waals surface area (Å²) in [6.07, 6.45) is 0.240. The van der Waals surface area contributed by atoms with Crippen LogP contribution < -0.4 is 14.4 Å². The number of ether oxygens (including phenoxy) is 1. The first kappa shape index (κ1) is 33.6. The van der Waals surface area contributed by atoms with E-state index in [1.54, 1.807) is 31.2 Å². The normalized spacial score (nSPS) is 11.8. The number of halogens is 1. The Hall–Kier alpha value is -4.34. The van der Waals surface area contributed by atoms with E-state index in [4.69, 9.17) is 16.3 Å². The minimum absolute atomic E-state index is 0.0411. The van der Waals surface area contributed by atoms with E-state index >= 15 is 0 Å². The molecule has 0 saturated carbocycles. The highest BCUT2D eigenvalue weighted by atomic mass is 35.5. The van der Waals surface area contributed by atoms with Crippen LogP contribution in [0.5, 0.6) is 5.75 Å². The number of amides is 2. The lowest BCUT2D eigenvalue weighted by molar-refractivity contribution is -0.140. The number of carbonyl (C=O) groups excluding carboxylic acids is 2. The van der Waals surface area contributed by atoms with Gasteiger partial charge in [-0.1, -0.05) is 83.9 Å². The van der Waals surface area contributed by atoms with Crippen LogP contribution >= 0.6 is 11.6 Å². The van der Waals surface area contributed by atoms with Crippen LogP contribution in [0.25, 0.3) is 0 Å². The predicted molar refractivity (Wildman–Crippen MR) is 178 cm³/mol. The monoisotopic (exact) mass is 647 g/mol. The number of para-hydroxylation sites is 2. The van der Waals surface area contributed by atoms with Crippen molar-refractivity contribution < 1.29 is 22.7 Å². The number of hydrogen-bond acceptors (Lipinski definition) is 5. The minimum Gasteiger partial charge on any atom is -0.492 e. The molecule has 0 aromatic heterocycles. The van der Waals surface area contributed by atoms with Crippen molar-refractivity contribution in [2.24, 2.45) is 0 Å². The molecule has 236 valence electrons. The average Bonchev–Trinajstić information content (AvgIpc) is 3.03. The molecule has 0 radical (unpaired) electrons. The zero-order chi connectivity index (χ0) is 32.4. The van der Waals surface area contributed by atoms with E-state index in [0.717, 1.165) is 21.0 Å². The average molecular weight is 648 g/mol. The third kappa shape index (κ3) is 8.65. The summed E-state index contributed by atoms with van der Waals surface area (Å²) >= 11 is 6.07.